The van der Waals surface area contributed by atoms with E-state index < -0.39 is 23.7 Å². The van der Waals surface area contributed by atoms with Gasteiger partial charge in [0.1, 0.15) is 17.4 Å². The highest BCUT2D eigenvalue weighted by Gasteiger charge is 2.34. The fourth-order valence-electron chi connectivity index (χ4n) is 4.64. The number of benzene rings is 2. The molecule has 2 aliphatic heterocycles. The Kier molecular flexibility index (Phi) is 7.97. The molecule has 3 aromatic rings. The van der Waals surface area contributed by atoms with Crippen molar-refractivity contribution in [3.8, 4) is 11.5 Å². The number of urea groups is 3. The average Bonchev–Trinajstić information content (AvgIpc) is 3.59. The van der Waals surface area contributed by atoms with E-state index in [0.29, 0.717) is 24.8 Å². The van der Waals surface area contributed by atoms with Crippen molar-refractivity contribution < 1.29 is 27.9 Å². The lowest BCUT2D eigenvalue weighted by Crippen LogP contribution is -2.39. The van der Waals surface area contributed by atoms with Crippen molar-refractivity contribution in [2.45, 2.75) is 12.5 Å². The molecule has 13 heteroatoms. The Morgan fingerprint density at radius 1 is 0.976 bits per heavy atom. The molecule has 0 radical (unpaired) electrons. The van der Waals surface area contributed by atoms with E-state index in [1.807, 2.05) is 14.1 Å². The van der Waals surface area contributed by atoms with Gasteiger partial charge in [0.2, 0.25) is 0 Å². The molecule has 3 heterocycles. The van der Waals surface area contributed by atoms with Crippen LogP contribution in [-0.2, 0) is 0 Å². The van der Waals surface area contributed by atoms with Crippen molar-refractivity contribution in [3.05, 3.63) is 72.4 Å². The molecule has 0 saturated carbocycles. The lowest BCUT2D eigenvalue weighted by atomic mass is 10.2. The number of hydrogen-bond donors (Lipinski definition) is 2. The van der Waals surface area contributed by atoms with Crippen LogP contribution in [-0.4, -0.2) is 84.1 Å². The number of carbonyl (C=O) groups is 3. The third-order valence-corrected chi connectivity index (χ3v) is 6.95. The predicted molar refractivity (Wildman–Crippen MR) is 148 cm³/mol. The molecule has 2 fully saturated rings. The van der Waals surface area contributed by atoms with Gasteiger partial charge in [0.15, 0.2) is 11.6 Å². The number of likely N-dealkylation sites (tertiary alicyclic amines) is 1. The maximum absolute atomic E-state index is 14.9. The quantitative estimate of drug-likeness (QED) is 0.445. The molecule has 2 saturated heterocycles. The van der Waals surface area contributed by atoms with E-state index in [4.69, 9.17) is 4.74 Å². The van der Waals surface area contributed by atoms with Crippen LogP contribution in [0.5, 0.6) is 11.5 Å². The standard InChI is InChI=1S/C28H29F2N7O4/c1-34(2)21-10-12-35(17-21)26(38)33-25-16-22(9-11-31-25)41-24-8-5-19(15-23(24)30)32-27(39)37-14-13-36(28(37)40)20-6-3-18(29)4-7-20/h3-9,11,15-16,21H,10,12-14,17H2,1-2H3,(H,32,39)(H,31,33,38). The SMILES string of the molecule is CN(C)C1CCN(C(=O)Nc2cc(Oc3ccc(NC(=O)N4CCN(c5ccc(F)cc5)C4=O)cc3F)ccn2)C1. The number of anilines is 3. The summed E-state index contributed by atoms with van der Waals surface area (Å²) in [6.45, 7) is 1.60. The molecule has 1 atom stereocenters. The van der Waals surface area contributed by atoms with Gasteiger partial charge in [0.25, 0.3) is 0 Å². The summed E-state index contributed by atoms with van der Waals surface area (Å²) in [5.41, 5.74) is 0.587. The van der Waals surface area contributed by atoms with Gasteiger partial charge in [-0.15, -0.1) is 0 Å². The second-order valence-electron chi connectivity index (χ2n) is 9.90. The van der Waals surface area contributed by atoms with Gasteiger partial charge >= 0.3 is 18.1 Å². The van der Waals surface area contributed by atoms with Crippen molar-refractivity contribution in [2.75, 3.05) is 55.8 Å². The molecular weight excluding hydrogens is 536 g/mol. The molecule has 6 amide bonds. The van der Waals surface area contributed by atoms with Gasteiger partial charge in [0.05, 0.1) is 6.54 Å². The van der Waals surface area contributed by atoms with Crippen molar-refractivity contribution in [1.82, 2.24) is 19.7 Å². The van der Waals surface area contributed by atoms with E-state index in [1.165, 1.54) is 59.6 Å². The number of pyridine rings is 1. The maximum Gasteiger partial charge on any atom is 0.332 e. The molecule has 41 heavy (non-hydrogen) atoms. The Balaban J connectivity index is 1.18. The van der Waals surface area contributed by atoms with Crippen LogP contribution in [0.3, 0.4) is 0 Å². The van der Waals surface area contributed by atoms with Gasteiger partial charge in [-0.3, -0.25) is 10.2 Å². The zero-order valence-corrected chi connectivity index (χ0v) is 22.5. The third kappa shape index (κ3) is 6.35. The second kappa shape index (κ2) is 11.8. The number of ether oxygens (including phenoxy) is 1. The largest absolute Gasteiger partial charge is 0.454 e. The molecule has 2 aromatic carbocycles. The molecule has 1 aromatic heterocycles. The Labute approximate surface area is 235 Å². The first kappa shape index (κ1) is 27.8. The number of aromatic nitrogens is 1. The van der Waals surface area contributed by atoms with Gasteiger partial charge < -0.3 is 19.9 Å². The number of halogens is 2. The van der Waals surface area contributed by atoms with E-state index in [9.17, 15) is 23.2 Å². The summed E-state index contributed by atoms with van der Waals surface area (Å²) in [6, 6.07) is 11.0. The molecule has 5 rings (SSSR count). The molecular formula is C28H29F2N7O4. The molecule has 0 bridgehead atoms. The average molecular weight is 566 g/mol. The Bertz CT molecular complexity index is 1450. The topological polar surface area (TPSA) is 110 Å². The van der Waals surface area contributed by atoms with Crippen LogP contribution in [0.2, 0.25) is 0 Å². The number of likely N-dealkylation sites (N-methyl/N-ethyl adjacent to an activating group) is 1. The minimum atomic E-state index is -0.752. The number of carbonyl (C=O) groups excluding carboxylic acids is 3. The smallest absolute Gasteiger partial charge is 0.332 e. The number of hydrogen-bond acceptors (Lipinski definition) is 6. The summed E-state index contributed by atoms with van der Waals surface area (Å²) in [4.78, 5) is 48.4. The van der Waals surface area contributed by atoms with E-state index in [1.54, 1.807) is 4.90 Å². The van der Waals surface area contributed by atoms with Crippen molar-refractivity contribution in [2.24, 2.45) is 0 Å². The third-order valence-electron chi connectivity index (χ3n) is 6.95. The summed E-state index contributed by atoms with van der Waals surface area (Å²) in [5, 5.41) is 5.26. The molecule has 0 aliphatic carbocycles. The number of amides is 6. The molecule has 2 aliphatic rings. The van der Waals surface area contributed by atoms with Crippen LogP contribution in [0.1, 0.15) is 6.42 Å². The summed E-state index contributed by atoms with van der Waals surface area (Å²) in [5.74, 6) is -0.786. The van der Waals surface area contributed by atoms with Crippen molar-refractivity contribution in [3.63, 3.8) is 0 Å². The lowest BCUT2D eigenvalue weighted by Gasteiger charge is -2.20. The first-order valence-corrected chi connectivity index (χ1v) is 13.0. The minimum Gasteiger partial charge on any atom is -0.454 e. The molecule has 1 unspecified atom stereocenters. The summed E-state index contributed by atoms with van der Waals surface area (Å²) >= 11 is 0. The fourth-order valence-corrected chi connectivity index (χ4v) is 4.64. The first-order valence-electron chi connectivity index (χ1n) is 13.0. The van der Waals surface area contributed by atoms with E-state index in [-0.39, 0.29) is 42.1 Å². The van der Waals surface area contributed by atoms with E-state index in [0.717, 1.165) is 17.4 Å². The lowest BCUT2D eigenvalue weighted by molar-refractivity contribution is 0.209. The molecule has 214 valence electrons. The summed E-state index contributed by atoms with van der Waals surface area (Å²) < 4.78 is 33.7. The van der Waals surface area contributed by atoms with Crippen LogP contribution < -0.4 is 20.3 Å². The highest BCUT2D eigenvalue weighted by Crippen LogP contribution is 2.28. The van der Waals surface area contributed by atoms with Crippen LogP contribution in [0.15, 0.2) is 60.8 Å². The molecule has 2 N–H and O–H groups in total. The van der Waals surface area contributed by atoms with Crippen LogP contribution >= 0.6 is 0 Å². The number of nitrogens with zero attached hydrogens (tertiary/aromatic N) is 5. The monoisotopic (exact) mass is 565 g/mol. The van der Waals surface area contributed by atoms with Gasteiger partial charge in [-0.05, 0) is 63.0 Å². The van der Waals surface area contributed by atoms with Gasteiger partial charge in [0, 0.05) is 55.4 Å². The molecule has 11 nitrogen and oxygen atoms in total. The number of nitrogens with one attached hydrogen (secondary N) is 2. The van der Waals surface area contributed by atoms with Crippen LogP contribution in [0.25, 0.3) is 0 Å². The highest BCUT2D eigenvalue weighted by atomic mass is 19.1. The van der Waals surface area contributed by atoms with Crippen LogP contribution in [0.4, 0.5) is 40.4 Å². The Morgan fingerprint density at radius 2 is 1.76 bits per heavy atom. The van der Waals surface area contributed by atoms with E-state index in [2.05, 4.69) is 20.5 Å². The predicted octanol–water partition coefficient (Wildman–Crippen LogP) is 4.79. The second-order valence-corrected chi connectivity index (χ2v) is 9.90. The Morgan fingerprint density at radius 3 is 2.46 bits per heavy atom. The molecule has 0 spiro atoms. The Hall–Kier alpha value is -4.78. The minimum absolute atomic E-state index is 0.112. The van der Waals surface area contributed by atoms with Gasteiger partial charge in [-0.2, -0.15) is 0 Å². The highest BCUT2D eigenvalue weighted by molar-refractivity contribution is 6.08. The maximum atomic E-state index is 14.9. The first-order chi connectivity index (χ1) is 19.7. The van der Waals surface area contributed by atoms with Gasteiger partial charge in [-0.1, -0.05) is 0 Å². The zero-order chi connectivity index (χ0) is 29.1. The zero-order valence-electron chi connectivity index (χ0n) is 22.5. The fraction of sp³-hybridized carbons (Fsp3) is 0.286. The van der Waals surface area contributed by atoms with Crippen molar-refractivity contribution >= 4 is 35.3 Å². The normalized spacial score (nSPS) is 16.9. The number of imide groups is 1. The number of rotatable bonds is 6. The van der Waals surface area contributed by atoms with Crippen molar-refractivity contribution in [1.29, 1.82) is 0 Å². The van der Waals surface area contributed by atoms with E-state index >= 15 is 0 Å². The summed E-state index contributed by atoms with van der Waals surface area (Å²) in [7, 11) is 3.96. The van der Waals surface area contributed by atoms with Gasteiger partial charge in [-0.25, -0.2) is 33.0 Å². The summed E-state index contributed by atoms with van der Waals surface area (Å²) in [6.07, 6.45) is 2.32. The van der Waals surface area contributed by atoms with Crippen LogP contribution in [0, 0.1) is 11.6 Å².